The van der Waals surface area contributed by atoms with E-state index in [1.807, 2.05) is 13.8 Å². The maximum Gasteiger partial charge on any atom is 0.240 e. The molecule has 1 N–H and O–H groups in total. The van der Waals surface area contributed by atoms with E-state index in [2.05, 4.69) is 4.72 Å². The third-order valence-corrected chi connectivity index (χ3v) is 4.58. The quantitative estimate of drug-likeness (QED) is 0.830. The molecule has 21 heavy (non-hydrogen) atoms. The van der Waals surface area contributed by atoms with E-state index in [9.17, 15) is 18.0 Å². The third-order valence-electron chi connectivity index (χ3n) is 3.14. The highest BCUT2D eigenvalue weighted by Crippen LogP contribution is 2.23. The minimum absolute atomic E-state index is 0.117. The van der Waals surface area contributed by atoms with E-state index in [1.165, 1.54) is 24.3 Å². The van der Waals surface area contributed by atoms with E-state index < -0.39 is 10.0 Å². The molecule has 6 nitrogen and oxygen atoms in total. The van der Waals surface area contributed by atoms with Gasteiger partial charge < -0.3 is 0 Å². The average molecular weight is 310 g/mol. The van der Waals surface area contributed by atoms with Crippen LogP contribution in [0.25, 0.3) is 0 Å². The molecule has 114 valence electrons. The molecule has 0 unspecified atom stereocenters. The lowest BCUT2D eigenvalue weighted by Crippen LogP contribution is -2.29. The summed E-state index contributed by atoms with van der Waals surface area (Å²) in [6, 6.07) is 5.75. The van der Waals surface area contributed by atoms with Gasteiger partial charge in [0.15, 0.2) is 0 Å². The number of sulfonamides is 1. The maximum absolute atomic E-state index is 12.0. The van der Waals surface area contributed by atoms with Crippen LogP contribution >= 0.6 is 0 Å². The van der Waals surface area contributed by atoms with Crippen LogP contribution in [0.15, 0.2) is 29.2 Å². The van der Waals surface area contributed by atoms with Gasteiger partial charge in [0.2, 0.25) is 21.8 Å². The van der Waals surface area contributed by atoms with Crippen LogP contribution in [0.1, 0.15) is 26.7 Å². The number of carbonyl (C=O) groups excluding carboxylic acids is 2. The highest BCUT2D eigenvalue weighted by Gasteiger charge is 2.30. The largest absolute Gasteiger partial charge is 0.274 e. The summed E-state index contributed by atoms with van der Waals surface area (Å²) in [5.74, 6) is -0.305. The summed E-state index contributed by atoms with van der Waals surface area (Å²) >= 11 is 0. The maximum atomic E-state index is 12.0. The van der Waals surface area contributed by atoms with E-state index in [0.717, 1.165) is 4.90 Å². The molecule has 2 amide bonds. The molecule has 0 saturated carbocycles. The zero-order valence-corrected chi connectivity index (χ0v) is 12.8. The van der Waals surface area contributed by atoms with Crippen molar-refractivity contribution in [2.24, 2.45) is 5.92 Å². The molecule has 0 bridgehead atoms. The predicted molar refractivity (Wildman–Crippen MR) is 78.2 cm³/mol. The zero-order valence-electron chi connectivity index (χ0n) is 12.0. The van der Waals surface area contributed by atoms with E-state index in [4.69, 9.17) is 0 Å². The molecule has 1 aromatic rings. The number of carbonyl (C=O) groups is 2. The smallest absolute Gasteiger partial charge is 0.240 e. The minimum atomic E-state index is -3.56. The second-order valence-corrected chi connectivity index (χ2v) is 7.13. The Balaban J connectivity index is 2.19. The summed E-state index contributed by atoms with van der Waals surface area (Å²) in [5, 5.41) is 0. The van der Waals surface area contributed by atoms with Gasteiger partial charge in [-0.2, -0.15) is 0 Å². The van der Waals surface area contributed by atoms with Crippen molar-refractivity contribution in [1.82, 2.24) is 4.72 Å². The number of rotatable bonds is 5. The monoisotopic (exact) mass is 310 g/mol. The number of amides is 2. The van der Waals surface area contributed by atoms with Crippen LogP contribution in [0, 0.1) is 5.92 Å². The molecule has 2 rings (SSSR count). The summed E-state index contributed by atoms with van der Waals surface area (Å²) in [6.07, 6.45) is 0.406. The van der Waals surface area contributed by atoms with Gasteiger partial charge in [0.25, 0.3) is 0 Å². The van der Waals surface area contributed by atoms with Gasteiger partial charge in [0.1, 0.15) is 0 Å². The van der Waals surface area contributed by atoms with Crippen molar-refractivity contribution in [2.75, 3.05) is 11.4 Å². The fraction of sp³-hybridized carbons (Fsp3) is 0.429. The molecule has 7 heteroatoms. The van der Waals surface area contributed by atoms with Crippen molar-refractivity contribution < 1.29 is 18.0 Å². The molecule has 1 saturated heterocycles. The number of benzene rings is 1. The number of hydrogen-bond acceptors (Lipinski definition) is 4. The summed E-state index contributed by atoms with van der Waals surface area (Å²) in [7, 11) is -3.56. The molecule has 1 aliphatic rings. The van der Waals surface area contributed by atoms with Crippen molar-refractivity contribution in [3.8, 4) is 0 Å². The number of nitrogens with one attached hydrogen (secondary N) is 1. The van der Waals surface area contributed by atoms with Crippen molar-refractivity contribution >= 4 is 27.5 Å². The molecular formula is C14H18N2O4S. The van der Waals surface area contributed by atoms with Crippen molar-refractivity contribution in [3.05, 3.63) is 24.3 Å². The molecule has 0 atom stereocenters. The number of nitrogens with zero attached hydrogens (tertiary/aromatic N) is 1. The van der Waals surface area contributed by atoms with Crippen LogP contribution in [0.3, 0.4) is 0 Å². The normalized spacial score (nSPS) is 16.0. The first-order chi connectivity index (χ1) is 9.81. The van der Waals surface area contributed by atoms with E-state index in [1.54, 1.807) is 0 Å². The average Bonchev–Trinajstić information content (AvgIpc) is 2.76. The highest BCUT2D eigenvalue weighted by molar-refractivity contribution is 7.89. The lowest BCUT2D eigenvalue weighted by atomic mass is 10.2. The van der Waals surface area contributed by atoms with Crippen LogP contribution in [0.5, 0.6) is 0 Å². The van der Waals surface area contributed by atoms with Gasteiger partial charge in [0.05, 0.1) is 10.6 Å². The van der Waals surface area contributed by atoms with Gasteiger partial charge in [-0.05, 0) is 30.2 Å². The zero-order chi connectivity index (χ0) is 15.6. The Hall–Kier alpha value is -1.73. The van der Waals surface area contributed by atoms with Gasteiger partial charge in [-0.3, -0.25) is 14.5 Å². The van der Waals surface area contributed by atoms with E-state index in [0.29, 0.717) is 12.2 Å². The van der Waals surface area contributed by atoms with Crippen LogP contribution in [-0.2, 0) is 19.6 Å². The second kappa shape index (κ2) is 5.95. The predicted octanol–water partition coefficient (Wildman–Crippen LogP) is 1.27. The Morgan fingerprint density at radius 1 is 1.10 bits per heavy atom. The molecule has 0 spiro atoms. The Morgan fingerprint density at radius 3 is 2.10 bits per heavy atom. The first-order valence-corrected chi connectivity index (χ1v) is 8.25. The topological polar surface area (TPSA) is 83.6 Å². The molecular weight excluding hydrogens is 292 g/mol. The van der Waals surface area contributed by atoms with Crippen LogP contribution in [0.4, 0.5) is 5.69 Å². The third kappa shape index (κ3) is 3.48. The van der Waals surface area contributed by atoms with Crippen molar-refractivity contribution in [1.29, 1.82) is 0 Å². The molecule has 1 aromatic carbocycles. The van der Waals surface area contributed by atoms with Crippen LogP contribution < -0.4 is 9.62 Å². The summed E-state index contributed by atoms with van der Waals surface area (Å²) in [4.78, 5) is 24.4. The van der Waals surface area contributed by atoms with Gasteiger partial charge in [-0.1, -0.05) is 13.8 Å². The molecule has 1 aliphatic heterocycles. The number of imide groups is 1. The first kappa shape index (κ1) is 15.7. The molecule has 0 radical (unpaired) electrons. The Labute approximate surface area is 124 Å². The molecule has 1 heterocycles. The molecule has 1 fully saturated rings. The molecule has 0 aromatic heterocycles. The number of anilines is 1. The second-order valence-electron chi connectivity index (χ2n) is 5.36. The fourth-order valence-electron chi connectivity index (χ4n) is 2.00. The standard InChI is InChI=1S/C14H18N2O4S/c1-10(2)9-15-21(19,20)12-5-3-11(4-6-12)16-13(17)7-8-14(16)18/h3-6,10,15H,7-9H2,1-2H3. The SMILES string of the molecule is CC(C)CNS(=O)(=O)c1ccc(N2C(=O)CCC2=O)cc1. The van der Waals surface area contributed by atoms with Gasteiger partial charge in [-0.25, -0.2) is 13.1 Å². The van der Waals surface area contributed by atoms with E-state index >= 15 is 0 Å². The summed E-state index contributed by atoms with van der Waals surface area (Å²) in [6.45, 7) is 4.18. The Kier molecular flexibility index (Phi) is 4.43. The van der Waals surface area contributed by atoms with Gasteiger partial charge >= 0.3 is 0 Å². The van der Waals surface area contributed by atoms with Crippen molar-refractivity contribution in [3.63, 3.8) is 0 Å². The Bertz CT molecular complexity index is 634. The van der Waals surface area contributed by atoms with Gasteiger partial charge in [-0.15, -0.1) is 0 Å². The van der Waals surface area contributed by atoms with E-state index in [-0.39, 0.29) is 35.5 Å². The number of hydrogen-bond donors (Lipinski definition) is 1. The minimum Gasteiger partial charge on any atom is -0.274 e. The van der Waals surface area contributed by atoms with Crippen molar-refractivity contribution in [2.45, 2.75) is 31.6 Å². The summed E-state index contributed by atoms with van der Waals surface area (Å²) in [5.41, 5.74) is 0.408. The molecule has 0 aliphatic carbocycles. The summed E-state index contributed by atoms with van der Waals surface area (Å²) < 4.78 is 26.6. The van der Waals surface area contributed by atoms with Crippen LogP contribution in [0.2, 0.25) is 0 Å². The Morgan fingerprint density at radius 2 is 1.62 bits per heavy atom. The first-order valence-electron chi connectivity index (χ1n) is 6.77. The highest BCUT2D eigenvalue weighted by atomic mass is 32.2. The fourth-order valence-corrected chi connectivity index (χ4v) is 3.21. The van der Waals surface area contributed by atoms with Gasteiger partial charge in [0, 0.05) is 19.4 Å². The van der Waals surface area contributed by atoms with Crippen LogP contribution in [-0.4, -0.2) is 26.8 Å². The lowest BCUT2D eigenvalue weighted by Gasteiger charge is -2.14. The lowest BCUT2D eigenvalue weighted by molar-refractivity contribution is -0.121.